The molecule has 1 aromatic heterocycles. The lowest BCUT2D eigenvalue weighted by atomic mass is 10.2. The molecule has 0 spiro atoms. The molecule has 1 aromatic carbocycles. The van der Waals surface area contributed by atoms with Crippen molar-refractivity contribution >= 4 is 0 Å². The van der Waals surface area contributed by atoms with Crippen molar-refractivity contribution in [3.05, 3.63) is 47.2 Å². The number of aromatic nitrogens is 1. The van der Waals surface area contributed by atoms with E-state index in [0.717, 1.165) is 11.5 Å². The van der Waals surface area contributed by atoms with Gasteiger partial charge in [0.15, 0.2) is 0 Å². The first-order chi connectivity index (χ1) is 10.2. The van der Waals surface area contributed by atoms with Crippen LogP contribution in [0.3, 0.4) is 0 Å². The largest absolute Gasteiger partial charge is 0.573 e. The van der Waals surface area contributed by atoms with Crippen LogP contribution in [0.5, 0.6) is 5.75 Å². The molecule has 2 aromatic rings. The highest BCUT2D eigenvalue weighted by Gasteiger charge is 2.31. The maximum Gasteiger partial charge on any atom is 0.573 e. The third-order valence-corrected chi connectivity index (χ3v) is 3.06. The molecule has 2 rings (SSSR count). The Bertz CT molecular complexity index is 618. The van der Waals surface area contributed by atoms with Crippen LogP contribution in [-0.4, -0.2) is 23.3 Å². The third kappa shape index (κ3) is 4.77. The van der Waals surface area contributed by atoms with Crippen molar-refractivity contribution in [2.45, 2.75) is 33.3 Å². The molecule has 0 aliphatic carbocycles. The number of hydrogen-bond donors (Lipinski definition) is 0. The highest BCUT2D eigenvalue weighted by molar-refractivity contribution is 5.28. The van der Waals surface area contributed by atoms with Gasteiger partial charge in [0.1, 0.15) is 11.5 Å². The van der Waals surface area contributed by atoms with Gasteiger partial charge in [0, 0.05) is 6.54 Å². The molecule has 0 atom stereocenters. The van der Waals surface area contributed by atoms with Crippen molar-refractivity contribution in [2.24, 2.45) is 0 Å². The van der Waals surface area contributed by atoms with Crippen molar-refractivity contribution in [1.82, 2.24) is 9.88 Å². The van der Waals surface area contributed by atoms with Gasteiger partial charge in [-0.2, -0.15) is 0 Å². The van der Waals surface area contributed by atoms with Crippen molar-refractivity contribution in [3.8, 4) is 5.75 Å². The average molecular weight is 314 g/mol. The number of ether oxygens (including phenoxy) is 1. The van der Waals surface area contributed by atoms with E-state index in [1.165, 1.54) is 18.2 Å². The highest BCUT2D eigenvalue weighted by Crippen LogP contribution is 2.23. The summed E-state index contributed by atoms with van der Waals surface area (Å²) >= 11 is 0. The molecule has 0 amide bonds. The van der Waals surface area contributed by atoms with Crippen LogP contribution in [0.1, 0.15) is 22.9 Å². The molecule has 120 valence electrons. The first-order valence-electron chi connectivity index (χ1n) is 6.69. The molecule has 0 N–H and O–H groups in total. The van der Waals surface area contributed by atoms with Crippen molar-refractivity contribution < 1.29 is 22.3 Å². The van der Waals surface area contributed by atoms with Crippen molar-refractivity contribution in [3.63, 3.8) is 0 Å². The molecule has 0 saturated carbocycles. The summed E-state index contributed by atoms with van der Waals surface area (Å²) in [4.78, 5) is 6.18. The predicted molar refractivity (Wildman–Crippen MR) is 74.3 cm³/mol. The number of aryl methyl sites for hydroxylation is 2. The van der Waals surface area contributed by atoms with Gasteiger partial charge in [-0.05, 0) is 38.6 Å². The molecule has 0 bridgehead atoms. The van der Waals surface area contributed by atoms with E-state index in [2.05, 4.69) is 9.72 Å². The molecular weight excluding hydrogens is 297 g/mol. The van der Waals surface area contributed by atoms with Gasteiger partial charge in [0.25, 0.3) is 0 Å². The summed E-state index contributed by atoms with van der Waals surface area (Å²) in [6, 6.07) is 5.92. The minimum absolute atomic E-state index is 0.221. The van der Waals surface area contributed by atoms with Crippen LogP contribution >= 0.6 is 0 Å². The number of oxazole rings is 1. The Morgan fingerprint density at radius 1 is 1.23 bits per heavy atom. The maximum absolute atomic E-state index is 12.2. The lowest BCUT2D eigenvalue weighted by Crippen LogP contribution is -2.19. The van der Waals surface area contributed by atoms with E-state index in [0.29, 0.717) is 24.5 Å². The Morgan fingerprint density at radius 3 is 2.55 bits per heavy atom. The molecule has 7 heteroatoms. The van der Waals surface area contributed by atoms with Gasteiger partial charge in [-0.15, -0.1) is 13.2 Å². The van der Waals surface area contributed by atoms with Gasteiger partial charge in [-0.3, -0.25) is 4.90 Å². The third-order valence-electron chi connectivity index (χ3n) is 3.06. The molecule has 1 heterocycles. The molecule has 4 nitrogen and oxygen atoms in total. The van der Waals surface area contributed by atoms with E-state index < -0.39 is 6.36 Å². The van der Waals surface area contributed by atoms with E-state index in [1.54, 1.807) is 6.07 Å². The zero-order chi connectivity index (χ0) is 16.3. The summed E-state index contributed by atoms with van der Waals surface area (Å²) < 4.78 is 46.0. The minimum atomic E-state index is -4.68. The highest BCUT2D eigenvalue weighted by atomic mass is 19.4. The Labute approximate surface area is 126 Å². The molecule has 0 unspecified atom stereocenters. The van der Waals surface area contributed by atoms with E-state index in [4.69, 9.17) is 4.42 Å². The van der Waals surface area contributed by atoms with Gasteiger partial charge in [-0.25, -0.2) is 4.98 Å². The zero-order valence-corrected chi connectivity index (χ0v) is 12.6. The first-order valence-corrected chi connectivity index (χ1v) is 6.69. The lowest BCUT2D eigenvalue weighted by molar-refractivity contribution is -0.274. The summed E-state index contributed by atoms with van der Waals surface area (Å²) in [6.07, 6.45) is -4.68. The second kappa shape index (κ2) is 6.39. The molecule has 0 aliphatic rings. The van der Waals surface area contributed by atoms with Crippen molar-refractivity contribution in [2.75, 3.05) is 7.05 Å². The van der Waals surface area contributed by atoms with Gasteiger partial charge < -0.3 is 9.15 Å². The fourth-order valence-corrected chi connectivity index (χ4v) is 2.05. The number of alkyl halides is 3. The summed E-state index contributed by atoms with van der Waals surface area (Å²) in [6.45, 7) is 4.62. The van der Waals surface area contributed by atoms with E-state index >= 15 is 0 Å². The topological polar surface area (TPSA) is 38.5 Å². The monoisotopic (exact) mass is 314 g/mol. The first kappa shape index (κ1) is 16.4. The van der Waals surface area contributed by atoms with Gasteiger partial charge >= 0.3 is 6.36 Å². The number of hydrogen-bond acceptors (Lipinski definition) is 4. The zero-order valence-electron chi connectivity index (χ0n) is 12.6. The lowest BCUT2D eigenvalue weighted by Gasteiger charge is -2.15. The Hall–Kier alpha value is -2.02. The predicted octanol–water partition coefficient (Wildman–Crippen LogP) is 3.82. The Morgan fingerprint density at radius 2 is 1.95 bits per heavy atom. The Balaban J connectivity index is 1.99. The summed E-state index contributed by atoms with van der Waals surface area (Å²) in [5.74, 6) is 1.13. The van der Waals surface area contributed by atoms with Crippen LogP contribution < -0.4 is 4.74 Å². The number of halogens is 3. The van der Waals surface area contributed by atoms with Gasteiger partial charge in [-0.1, -0.05) is 12.1 Å². The summed E-state index contributed by atoms with van der Waals surface area (Å²) in [7, 11) is 1.84. The summed E-state index contributed by atoms with van der Waals surface area (Å²) in [5.41, 5.74) is 1.55. The number of nitrogens with zero attached hydrogens (tertiary/aromatic N) is 2. The molecule has 0 fully saturated rings. The SMILES string of the molecule is Cc1nc(CN(C)Cc2cccc(OC(F)(F)F)c2)oc1C. The van der Waals surface area contributed by atoms with Crippen LogP contribution in [0, 0.1) is 13.8 Å². The minimum Gasteiger partial charge on any atom is -0.444 e. The fourth-order valence-electron chi connectivity index (χ4n) is 2.05. The van der Waals surface area contributed by atoms with Crippen LogP contribution in [-0.2, 0) is 13.1 Å². The maximum atomic E-state index is 12.2. The smallest absolute Gasteiger partial charge is 0.444 e. The second-order valence-electron chi connectivity index (χ2n) is 5.12. The normalized spacial score (nSPS) is 12.0. The fraction of sp³-hybridized carbons (Fsp3) is 0.400. The summed E-state index contributed by atoms with van der Waals surface area (Å²) in [5, 5.41) is 0. The number of rotatable bonds is 5. The molecule has 22 heavy (non-hydrogen) atoms. The Kier molecular flexibility index (Phi) is 4.75. The molecule has 0 aliphatic heterocycles. The van der Waals surface area contributed by atoms with E-state index in [-0.39, 0.29) is 5.75 Å². The van der Waals surface area contributed by atoms with Crippen LogP contribution in [0.25, 0.3) is 0 Å². The quantitative estimate of drug-likeness (QED) is 0.841. The van der Waals surface area contributed by atoms with Crippen LogP contribution in [0.2, 0.25) is 0 Å². The van der Waals surface area contributed by atoms with E-state index in [1.807, 2.05) is 25.8 Å². The average Bonchev–Trinajstić information content (AvgIpc) is 2.66. The molecular formula is C15H17F3N2O2. The second-order valence-corrected chi connectivity index (χ2v) is 5.12. The van der Waals surface area contributed by atoms with Gasteiger partial charge in [0.05, 0.1) is 12.2 Å². The molecule has 0 saturated heterocycles. The standard InChI is InChI=1S/C15H17F3N2O2/c1-10-11(2)21-14(19-10)9-20(3)8-12-5-4-6-13(7-12)22-15(16,17)18/h4-7H,8-9H2,1-3H3. The van der Waals surface area contributed by atoms with Gasteiger partial charge in [0.2, 0.25) is 5.89 Å². The van der Waals surface area contributed by atoms with Crippen LogP contribution in [0.15, 0.2) is 28.7 Å². The van der Waals surface area contributed by atoms with E-state index in [9.17, 15) is 13.2 Å². The van der Waals surface area contributed by atoms with Crippen molar-refractivity contribution in [1.29, 1.82) is 0 Å². The van der Waals surface area contributed by atoms with Crippen LogP contribution in [0.4, 0.5) is 13.2 Å². The number of benzene rings is 1. The molecule has 0 radical (unpaired) electrons.